The molecule has 6 heteroatoms. The van der Waals surface area contributed by atoms with Gasteiger partial charge in [0.15, 0.2) is 0 Å². The van der Waals surface area contributed by atoms with Crippen molar-refractivity contribution in [2.45, 2.75) is 24.5 Å². The zero-order valence-electron chi connectivity index (χ0n) is 12.3. The summed E-state index contributed by atoms with van der Waals surface area (Å²) in [5.74, 6) is 0.120. The van der Waals surface area contributed by atoms with Crippen LogP contribution in [0.3, 0.4) is 0 Å². The Morgan fingerprint density at radius 1 is 1.52 bits per heavy atom. The molecule has 3 rings (SSSR count). The lowest BCUT2D eigenvalue weighted by Gasteiger charge is -2.41. The minimum absolute atomic E-state index is 0.00966. The van der Waals surface area contributed by atoms with E-state index in [9.17, 15) is 4.79 Å². The van der Waals surface area contributed by atoms with Gasteiger partial charge in [-0.1, -0.05) is 0 Å². The van der Waals surface area contributed by atoms with Gasteiger partial charge in [0.1, 0.15) is 11.7 Å². The molecule has 21 heavy (non-hydrogen) atoms. The first-order valence-electron chi connectivity index (χ1n) is 7.44. The standard InChI is InChI=1S/C15H22N2O3S/c1-19-15(3-5-16-6-4-15)14(18)17-7-8-20-13(10-17)12-2-9-21-11-12/h2,9,11,13,16H,3-8,10H2,1H3. The minimum atomic E-state index is -0.651. The first kappa shape index (κ1) is 15.0. The van der Waals surface area contributed by atoms with Gasteiger partial charge in [0.05, 0.1) is 13.2 Å². The largest absolute Gasteiger partial charge is 0.370 e. The number of hydrogen-bond acceptors (Lipinski definition) is 5. The minimum Gasteiger partial charge on any atom is -0.370 e. The Morgan fingerprint density at radius 2 is 2.33 bits per heavy atom. The lowest BCUT2D eigenvalue weighted by atomic mass is 9.90. The molecule has 1 aromatic rings. The number of ether oxygens (including phenoxy) is 2. The van der Waals surface area contributed by atoms with E-state index in [0.29, 0.717) is 19.7 Å². The van der Waals surface area contributed by atoms with Gasteiger partial charge in [-0.3, -0.25) is 4.79 Å². The van der Waals surface area contributed by atoms with Crippen molar-refractivity contribution in [3.8, 4) is 0 Å². The van der Waals surface area contributed by atoms with Gasteiger partial charge in [0.25, 0.3) is 5.91 Å². The van der Waals surface area contributed by atoms with Crippen molar-refractivity contribution in [2.24, 2.45) is 0 Å². The summed E-state index contributed by atoms with van der Waals surface area (Å²) in [5, 5.41) is 7.43. The zero-order chi connectivity index (χ0) is 14.7. The maximum absolute atomic E-state index is 12.9. The van der Waals surface area contributed by atoms with Crippen LogP contribution in [-0.2, 0) is 14.3 Å². The van der Waals surface area contributed by atoms with E-state index < -0.39 is 5.60 Å². The molecule has 0 saturated carbocycles. The molecule has 0 aliphatic carbocycles. The zero-order valence-corrected chi connectivity index (χ0v) is 13.2. The number of methoxy groups -OCH3 is 1. The third kappa shape index (κ3) is 2.99. The van der Waals surface area contributed by atoms with Crippen molar-refractivity contribution < 1.29 is 14.3 Å². The van der Waals surface area contributed by atoms with Crippen LogP contribution in [0.4, 0.5) is 0 Å². The predicted octanol–water partition coefficient (Wildman–Crippen LogP) is 1.42. The summed E-state index contributed by atoms with van der Waals surface area (Å²) in [4.78, 5) is 14.9. The summed E-state index contributed by atoms with van der Waals surface area (Å²) in [6.45, 7) is 3.52. The summed E-state index contributed by atoms with van der Waals surface area (Å²) in [6.07, 6.45) is 1.47. The predicted molar refractivity (Wildman–Crippen MR) is 81.4 cm³/mol. The van der Waals surface area contributed by atoms with E-state index in [1.165, 1.54) is 0 Å². The normalized spacial score (nSPS) is 25.8. The van der Waals surface area contributed by atoms with Crippen molar-refractivity contribution in [1.29, 1.82) is 0 Å². The van der Waals surface area contributed by atoms with Crippen molar-refractivity contribution in [1.82, 2.24) is 10.2 Å². The monoisotopic (exact) mass is 310 g/mol. The van der Waals surface area contributed by atoms with Crippen LogP contribution in [-0.4, -0.2) is 56.3 Å². The molecule has 2 aliphatic rings. The van der Waals surface area contributed by atoms with Gasteiger partial charge in [-0.2, -0.15) is 11.3 Å². The highest BCUT2D eigenvalue weighted by atomic mass is 32.1. The Balaban J connectivity index is 1.71. The number of nitrogens with one attached hydrogen (secondary N) is 1. The fourth-order valence-electron chi connectivity index (χ4n) is 3.12. The molecule has 2 aliphatic heterocycles. The molecule has 5 nitrogen and oxygen atoms in total. The molecule has 3 heterocycles. The van der Waals surface area contributed by atoms with Gasteiger partial charge in [-0.15, -0.1) is 0 Å². The van der Waals surface area contributed by atoms with Gasteiger partial charge in [-0.25, -0.2) is 0 Å². The first-order chi connectivity index (χ1) is 10.2. The van der Waals surface area contributed by atoms with E-state index in [0.717, 1.165) is 31.5 Å². The molecular weight excluding hydrogens is 288 g/mol. The number of morpholine rings is 1. The first-order valence-corrected chi connectivity index (χ1v) is 8.38. The van der Waals surface area contributed by atoms with Crippen molar-refractivity contribution in [3.05, 3.63) is 22.4 Å². The van der Waals surface area contributed by atoms with Crippen molar-refractivity contribution in [2.75, 3.05) is 39.9 Å². The molecule has 1 unspecified atom stereocenters. The number of nitrogens with zero attached hydrogens (tertiary/aromatic N) is 1. The quantitative estimate of drug-likeness (QED) is 0.917. The third-order valence-corrected chi connectivity index (χ3v) is 5.16. The fraction of sp³-hybridized carbons (Fsp3) is 0.667. The summed E-state index contributed by atoms with van der Waals surface area (Å²) in [5.41, 5.74) is 0.510. The van der Waals surface area contributed by atoms with Gasteiger partial charge in [0, 0.05) is 13.7 Å². The Hall–Kier alpha value is -0.950. The average Bonchev–Trinajstić information content (AvgIpc) is 3.09. The number of piperidine rings is 1. The molecule has 1 amide bonds. The second kappa shape index (κ2) is 6.44. The van der Waals surface area contributed by atoms with Crippen LogP contribution in [0.25, 0.3) is 0 Å². The Labute approximate surface area is 129 Å². The van der Waals surface area contributed by atoms with Crippen LogP contribution in [0, 0.1) is 0 Å². The number of rotatable bonds is 3. The number of hydrogen-bond donors (Lipinski definition) is 1. The average molecular weight is 310 g/mol. The van der Waals surface area contributed by atoms with E-state index in [1.807, 2.05) is 10.3 Å². The van der Waals surface area contributed by atoms with E-state index in [4.69, 9.17) is 9.47 Å². The van der Waals surface area contributed by atoms with Crippen LogP contribution < -0.4 is 5.32 Å². The van der Waals surface area contributed by atoms with Crippen LogP contribution in [0.5, 0.6) is 0 Å². The van der Waals surface area contributed by atoms with Crippen LogP contribution in [0.2, 0.25) is 0 Å². The van der Waals surface area contributed by atoms with Crippen LogP contribution in [0.1, 0.15) is 24.5 Å². The molecule has 0 radical (unpaired) electrons. The lowest BCUT2D eigenvalue weighted by Crippen LogP contribution is -2.57. The second-order valence-electron chi connectivity index (χ2n) is 5.62. The van der Waals surface area contributed by atoms with Crippen LogP contribution >= 0.6 is 11.3 Å². The molecule has 0 spiro atoms. The van der Waals surface area contributed by atoms with E-state index in [-0.39, 0.29) is 12.0 Å². The molecule has 2 fully saturated rings. The maximum atomic E-state index is 12.9. The van der Waals surface area contributed by atoms with Crippen LogP contribution in [0.15, 0.2) is 16.8 Å². The molecule has 0 bridgehead atoms. The number of amides is 1. The smallest absolute Gasteiger partial charge is 0.255 e. The summed E-state index contributed by atoms with van der Waals surface area (Å²) < 4.78 is 11.5. The van der Waals surface area contributed by atoms with Gasteiger partial charge < -0.3 is 19.7 Å². The lowest BCUT2D eigenvalue weighted by molar-refractivity contribution is -0.165. The third-order valence-electron chi connectivity index (χ3n) is 4.46. The summed E-state index contributed by atoms with van der Waals surface area (Å²) >= 11 is 1.66. The van der Waals surface area contributed by atoms with E-state index >= 15 is 0 Å². The Morgan fingerprint density at radius 3 is 3.00 bits per heavy atom. The van der Waals surface area contributed by atoms with Crippen molar-refractivity contribution in [3.63, 3.8) is 0 Å². The Bertz CT molecular complexity index is 471. The molecule has 1 aromatic heterocycles. The highest BCUT2D eigenvalue weighted by Crippen LogP contribution is 2.29. The maximum Gasteiger partial charge on any atom is 0.255 e. The summed E-state index contributed by atoms with van der Waals surface area (Å²) in [6, 6.07) is 2.07. The van der Waals surface area contributed by atoms with Gasteiger partial charge in [-0.05, 0) is 48.3 Å². The molecule has 2 saturated heterocycles. The number of thiophene rings is 1. The molecule has 0 aromatic carbocycles. The fourth-order valence-corrected chi connectivity index (χ4v) is 3.82. The highest BCUT2D eigenvalue weighted by molar-refractivity contribution is 7.07. The molecule has 1 atom stereocenters. The second-order valence-corrected chi connectivity index (χ2v) is 6.40. The Kier molecular flexibility index (Phi) is 4.59. The molecule has 1 N–H and O–H groups in total. The molecule has 116 valence electrons. The highest BCUT2D eigenvalue weighted by Gasteiger charge is 2.43. The van der Waals surface area contributed by atoms with E-state index in [1.54, 1.807) is 18.4 Å². The topological polar surface area (TPSA) is 50.8 Å². The SMILES string of the molecule is COC1(C(=O)N2CCOC(c3ccsc3)C2)CCNCC1. The van der Waals surface area contributed by atoms with Gasteiger partial charge >= 0.3 is 0 Å². The van der Waals surface area contributed by atoms with E-state index in [2.05, 4.69) is 16.8 Å². The summed E-state index contributed by atoms with van der Waals surface area (Å²) in [7, 11) is 1.65. The van der Waals surface area contributed by atoms with Gasteiger partial charge in [0.2, 0.25) is 0 Å². The van der Waals surface area contributed by atoms with Crippen molar-refractivity contribution >= 4 is 17.2 Å². The number of carbonyl (C=O) groups excluding carboxylic acids is 1. The molecular formula is C15H22N2O3S. The number of carbonyl (C=O) groups is 1.